The van der Waals surface area contributed by atoms with Gasteiger partial charge in [-0.25, -0.2) is 4.79 Å². The van der Waals surface area contributed by atoms with Crippen LogP contribution < -0.4 is 5.32 Å². The molecule has 1 aromatic rings. The third kappa shape index (κ3) is 4.22. The van der Waals surface area contributed by atoms with Crippen molar-refractivity contribution in [3.05, 3.63) is 35.9 Å². The van der Waals surface area contributed by atoms with Crippen molar-refractivity contribution in [2.45, 2.75) is 38.5 Å². The maximum absolute atomic E-state index is 11.7. The highest BCUT2D eigenvalue weighted by molar-refractivity contribution is 5.68. The number of carbonyl (C=O) groups is 1. The molecule has 0 aliphatic carbocycles. The molecule has 0 aliphatic rings. The van der Waals surface area contributed by atoms with Crippen molar-refractivity contribution >= 4 is 6.09 Å². The van der Waals surface area contributed by atoms with Crippen LogP contribution in [-0.2, 0) is 11.3 Å². The third-order valence-corrected chi connectivity index (χ3v) is 3.26. The summed E-state index contributed by atoms with van der Waals surface area (Å²) in [5, 5.41) is 21.8. The highest BCUT2D eigenvalue weighted by atomic mass is 16.5. The fourth-order valence-corrected chi connectivity index (χ4v) is 1.37. The summed E-state index contributed by atoms with van der Waals surface area (Å²) in [5.41, 5.74) is -1.57. The summed E-state index contributed by atoms with van der Waals surface area (Å²) in [6.07, 6.45) is -0.678. The van der Waals surface area contributed by atoms with Gasteiger partial charge in [0, 0.05) is 0 Å². The van der Waals surface area contributed by atoms with Crippen LogP contribution in [0.15, 0.2) is 30.3 Å². The fourth-order valence-electron chi connectivity index (χ4n) is 1.37. The van der Waals surface area contributed by atoms with Crippen LogP contribution in [0.3, 0.4) is 0 Å². The molecule has 1 unspecified atom stereocenters. The van der Waals surface area contributed by atoms with E-state index in [1.807, 2.05) is 30.3 Å². The number of nitrogens with one attached hydrogen (secondary N) is 1. The number of amides is 1. The molecule has 1 amide bonds. The van der Waals surface area contributed by atoms with Gasteiger partial charge < -0.3 is 20.3 Å². The van der Waals surface area contributed by atoms with Gasteiger partial charge in [-0.05, 0) is 26.3 Å². The SMILES string of the molecule is CC(C)(O)C(C)(CO)NC(=O)OCc1ccccc1. The number of alkyl carbamates (subject to hydrolysis) is 1. The number of ether oxygens (including phenoxy) is 1. The molecule has 106 valence electrons. The van der Waals surface area contributed by atoms with Gasteiger partial charge in [0.1, 0.15) is 6.61 Å². The number of rotatable bonds is 5. The van der Waals surface area contributed by atoms with Crippen molar-refractivity contribution in [3.8, 4) is 0 Å². The number of hydrogen-bond donors (Lipinski definition) is 3. The molecule has 5 nitrogen and oxygen atoms in total. The average molecular weight is 267 g/mol. The van der Waals surface area contributed by atoms with E-state index in [9.17, 15) is 15.0 Å². The first kappa shape index (κ1) is 15.5. The minimum absolute atomic E-state index is 0.139. The van der Waals surface area contributed by atoms with Gasteiger partial charge in [0.2, 0.25) is 0 Å². The molecule has 0 fully saturated rings. The molecule has 0 heterocycles. The largest absolute Gasteiger partial charge is 0.445 e. The number of benzene rings is 1. The minimum Gasteiger partial charge on any atom is -0.445 e. The van der Waals surface area contributed by atoms with Gasteiger partial charge in [0.25, 0.3) is 0 Å². The Morgan fingerprint density at radius 2 is 1.84 bits per heavy atom. The van der Waals surface area contributed by atoms with E-state index in [2.05, 4.69) is 5.32 Å². The lowest BCUT2D eigenvalue weighted by atomic mass is 9.85. The van der Waals surface area contributed by atoms with Crippen LogP contribution in [0, 0.1) is 0 Å². The summed E-state index contributed by atoms with van der Waals surface area (Å²) in [4.78, 5) is 11.7. The smallest absolute Gasteiger partial charge is 0.408 e. The second kappa shape index (κ2) is 6.04. The van der Waals surface area contributed by atoms with Crippen molar-refractivity contribution in [3.63, 3.8) is 0 Å². The predicted octanol–water partition coefficient (Wildman–Crippen LogP) is 1.43. The normalized spacial score (nSPS) is 14.6. The number of aliphatic hydroxyl groups is 2. The van der Waals surface area contributed by atoms with Crippen LogP contribution in [0.4, 0.5) is 4.79 Å². The lowest BCUT2D eigenvalue weighted by Gasteiger charge is -2.39. The first-order valence-electron chi connectivity index (χ1n) is 6.10. The van der Waals surface area contributed by atoms with E-state index in [0.29, 0.717) is 0 Å². The van der Waals surface area contributed by atoms with Gasteiger partial charge >= 0.3 is 6.09 Å². The Morgan fingerprint density at radius 1 is 1.26 bits per heavy atom. The molecule has 1 aromatic carbocycles. The first-order chi connectivity index (χ1) is 8.78. The molecule has 19 heavy (non-hydrogen) atoms. The van der Waals surface area contributed by atoms with Crippen molar-refractivity contribution in [1.29, 1.82) is 0 Å². The lowest BCUT2D eigenvalue weighted by Crippen LogP contribution is -2.62. The van der Waals surface area contributed by atoms with Gasteiger partial charge in [-0.2, -0.15) is 0 Å². The Kier molecular flexibility index (Phi) is 4.91. The van der Waals surface area contributed by atoms with Crippen LogP contribution in [0.25, 0.3) is 0 Å². The van der Waals surface area contributed by atoms with Crippen LogP contribution in [0.1, 0.15) is 26.3 Å². The second-order valence-electron chi connectivity index (χ2n) is 5.24. The average Bonchev–Trinajstić information content (AvgIpc) is 2.36. The first-order valence-corrected chi connectivity index (χ1v) is 6.10. The summed E-state index contributed by atoms with van der Waals surface area (Å²) in [5.74, 6) is 0. The van der Waals surface area contributed by atoms with Gasteiger partial charge in [-0.3, -0.25) is 0 Å². The van der Waals surface area contributed by atoms with Crippen LogP contribution in [-0.4, -0.2) is 34.1 Å². The quantitative estimate of drug-likeness (QED) is 0.754. The molecule has 0 spiro atoms. The standard InChI is InChI=1S/C14H21NO4/c1-13(2,18)14(3,10-16)15-12(17)19-9-11-7-5-4-6-8-11/h4-8,16,18H,9-10H2,1-3H3,(H,15,17). The Labute approximate surface area is 113 Å². The lowest BCUT2D eigenvalue weighted by molar-refractivity contribution is -0.0389. The van der Waals surface area contributed by atoms with Crippen molar-refractivity contribution < 1.29 is 19.7 Å². The van der Waals surface area contributed by atoms with E-state index in [1.165, 1.54) is 13.8 Å². The van der Waals surface area contributed by atoms with E-state index in [4.69, 9.17) is 4.74 Å². The Hall–Kier alpha value is -1.59. The zero-order valence-electron chi connectivity index (χ0n) is 11.5. The van der Waals surface area contributed by atoms with Crippen LogP contribution in [0.2, 0.25) is 0 Å². The Morgan fingerprint density at radius 3 is 2.32 bits per heavy atom. The highest BCUT2D eigenvalue weighted by Crippen LogP contribution is 2.21. The van der Waals surface area contributed by atoms with Crippen molar-refractivity contribution in [2.75, 3.05) is 6.61 Å². The van der Waals surface area contributed by atoms with E-state index >= 15 is 0 Å². The molecule has 1 atom stereocenters. The van der Waals surface area contributed by atoms with E-state index in [0.717, 1.165) is 5.56 Å². The van der Waals surface area contributed by atoms with E-state index in [-0.39, 0.29) is 6.61 Å². The molecule has 0 aromatic heterocycles. The monoisotopic (exact) mass is 267 g/mol. The Balaban J connectivity index is 2.55. The molecule has 5 heteroatoms. The predicted molar refractivity (Wildman–Crippen MR) is 71.6 cm³/mol. The summed E-state index contributed by atoms with van der Waals surface area (Å²) in [6.45, 7) is 4.33. The maximum Gasteiger partial charge on any atom is 0.408 e. The van der Waals surface area contributed by atoms with E-state index < -0.39 is 23.8 Å². The number of carbonyl (C=O) groups excluding carboxylic acids is 1. The molecule has 0 radical (unpaired) electrons. The van der Waals surface area contributed by atoms with Crippen molar-refractivity contribution in [1.82, 2.24) is 5.32 Å². The van der Waals surface area contributed by atoms with Gasteiger partial charge in [0.05, 0.1) is 17.7 Å². The minimum atomic E-state index is -1.27. The number of hydrogen-bond acceptors (Lipinski definition) is 4. The van der Waals surface area contributed by atoms with Crippen LogP contribution in [0.5, 0.6) is 0 Å². The van der Waals surface area contributed by atoms with Gasteiger partial charge in [-0.1, -0.05) is 30.3 Å². The van der Waals surface area contributed by atoms with Crippen molar-refractivity contribution in [2.24, 2.45) is 0 Å². The topological polar surface area (TPSA) is 78.8 Å². The fraction of sp³-hybridized carbons (Fsp3) is 0.500. The molecule has 0 bridgehead atoms. The molecular weight excluding hydrogens is 246 g/mol. The van der Waals surface area contributed by atoms with Gasteiger partial charge in [0.15, 0.2) is 0 Å². The summed E-state index contributed by atoms with van der Waals surface area (Å²) in [7, 11) is 0. The highest BCUT2D eigenvalue weighted by Gasteiger charge is 2.40. The summed E-state index contributed by atoms with van der Waals surface area (Å²) in [6, 6.07) is 9.26. The second-order valence-corrected chi connectivity index (χ2v) is 5.24. The maximum atomic E-state index is 11.7. The van der Waals surface area contributed by atoms with E-state index in [1.54, 1.807) is 6.92 Å². The molecule has 3 N–H and O–H groups in total. The Bertz CT molecular complexity index is 413. The summed E-state index contributed by atoms with van der Waals surface area (Å²) >= 11 is 0. The zero-order valence-corrected chi connectivity index (χ0v) is 11.5. The molecule has 0 aliphatic heterocycles. The molecule has 1 rings (SSSR count). The zero-order chi connectivity index (χ0) is 14.5. The third-order valence-electron chi connectivity index (χ3n) is 3.26. The summed E-state index contributed by atoms with van der Waals surface area (Å²) < 4.78 is 5.05. The van der Waals surface area contributed by atoms with Gasteiger partial charge in [-0.15, -0.1) is 0 Å². The van der Waals surface area contributed by atoms with Crippen LogP contribution >= 0.6 is 0 Å². The molecular formula is C14H21NO4. The molecule has 0 saturated carbocycles. The molecule has 0 saturated heterocycles. The number of aliphatic hydroxyl groups excluding tert-OH is 1.